The molecule has 0 unspecified atom stereocenters. The Morgan fingerprint density at radius 2 is 2.00 bits per heavy atom. The molecule has 0 bridgehead atoms. The summed E-state index contributed by atoms with van der Waals surface area (Å²) in [4.78, 5) is 3.33. The number of sulfonamides is 1. The van der Waals surface area contributed by atoms with Gasteiger partial charge in [-0.1, -0.05) is 31.5 Å². The summed E-state index contributed by atoms with van der Waals surface area (Å²) < 4.78 is 26.2. The highest BCUT2D eigenvalue weighted by atomic mass is 32.2. The lowest BCUT2D eigenvalue weighted by molar-refractivity contribution is 0.578. The molecule has 0 atom stereocenters. The molecule has 0 aliphatic heterocycles. The Bertz CT molecular complexity index is 674. The number of aromatic nitrogens is 1. The maximum Gasteiger partial charge on any atom is 0.211 e. The second-order valence-electron chi connectivity index (χ2n) is 5.09. The Morgan fingerprint density at radius 1 is 1.25 bits per heavy atom. The van der Waals surface area contributed by atoms with Crippen LogP contribution >= 0.6 is 0 Å². The first-order chi connectivity index (χ1) is 9.53. The van der Waals surface area contributed by atoms with E-state index in [1.165, 1.54) is 10.9 Å². The minimum Gasteiger partial charge on any atom is -0.358 e. The van der Waals surface area contributed by atoms with E-state index in [0.29, 0.717) is 19.4 Å². The maximum absolute atomic E-state index is 11.7. The molecule has 0 amide bonds. The van der Waals surface area contributed by atoms with E-state index in [4.69, 9.17) is 0 Å². The average molecular weight is 294 g/mol. The number of unbranched alkanes of at least 4 members (excludes halogenated alkanes) is 1. The highest BCUT2D eigenvalue weighted by Crippen LogP contribution is 2.21. The van der Waals surface area contributed by atoms with Gasteiger partial charge in [0.05, 0.1) is 5.75 Å². The number of rotatable bonds is 7. The predicted octanol–water partition coefficient (Wildman–Crippen LogP) is 2.74. The molecule has 0 spiro atoms. The minimum absolute atomic E-state index is 0.219. The van der Waals surface area contributed by atoms with Crippen molar-refractivity contribution in [3.63, 3.8) is 0 Å². The van der Waals surface area contributed by atoms with Crippen molar-refractivity contribution < 1.29 is 8.42 Å². The molecule has 1 heterocycles. The Labute approximate surface area is 120 Å². The van der Waals surface area contributed by atoms with Crippen LogP contribution in [0.15, 0.2) is 24.3 Å². The monoisotopic (exact) mass is 294 g/mol. The molecule has 0 aliphatic carbocycles. The van der Waals surface area contributed by atoms with Crippen LogP contribution in [-0.4, -0.2) is 25.7 Å². The zero-order chi connectivity index (χ0) is 14.6. The van der Waals surface area contributed by atoms with E-state index in [1.54, 1.807) is 0 Å². The Kier molecular flexibility index (Phi) is 4.83. The summed E-state index contributed by atoms with van der Waals surface area (Å²) in [5.74, 6) is 0.219. The zero-order valence-corrected chi connectivity index (χ0v) is 12.9. The number of hydrogen-bond acceptors (Lipinski definition) is 2. The maximum atomic E-state index is 11.7. The molecule has 0 aliphatic rings. The third-order valence-corrected chi connectivity index (χ3v) is 4.96. The van der Waals surface area contributed by atoms with Crippen LogP contribution in [0.4, 0.5) is 0 Å². The van der Waals surface area contributed by atoms with Gasteiger partial charge in [-0.25, -0.2) is 13.1 Å². The molecule has 20 heavy (non-hydrogen) atoms. The van der Waals surface area contributed by atoms with E-state index in [9.17, 15) is 8.42 Å². The van der Waals surface area contributed by atoms with Crippen LogP contribution in [0.25, 0.3) is 10.9 Å². The molecular weight excluding hydrogens is 272 g/mol. The van der Waals surface area contributed by atoms with Crippen LogP contribution in [0, 0.1) is 6.92 Å². The van der Waals surface area contributed by atoms with Crippen molar-refractivity contribution >= 4 is 20.9 Å². The number of hydrogen-bond donors (Lipinski definition) is 2. The van der Waals surface area contributed by atoms with Crippen molar-refractivity contribution in [1.29, 1.82) is 0 Å². The highest BCUT2D eigenvalue weighted by Gasteiger charge is 2.11. The van der Waals surface area contributed by atoms with Crippen molar-refractivity contribution in [2.24, 2.45) is 0 Å². The third kappa shape index (κ3) is 3.61. The number of aryl methyl sites for hydroxylation is 1. The summed E-state index contributed by atoms with van der Waals surface area (Å²) in [6.45, 7) is 4.47. The van der Waals surface area contributed by atoms with Crippen LogP contribution in [0.1, 0.15) is 31.0 Å². The Morgan fingerprint density at radius 3 is 2.75 bits per heavy atom. The lowest BCUT2D eigenvalue weighted by Crippen LogP contribution is -2.28. The van der Waals surface area contributed by atoms with Gasteiger partial charge >= 0.3 is 0 Å². The lowest BCUT2D eigenvalue weighted by Gasteiger charge is -2.06. The average Bonchev–Trinajstić information content (AvgIpc) is 2.73. The first-order valence-corrected chi connectivity index (χ1v) is 8.72. The smallest absolute Gasteiger partial charge is 0.211 e. The van der Waals surface area contributed by atoms with Crippen LogP contribution in [0.2, 0.25) is 0 Å². The molecule has 0 fully saturated rings. The van der Waals surface area contributed by atoms with Gasteiger partial charge in [-0.05, 0) is 31.4 Å². The molecule has 5 heteroatoms. The van der Waals surface area contributed by atoms with Crippen LogP contribution in [0.5, 0.6) is 0 Å². The minimum atomic E-state index is -3.12. The predicted molar refractivity (Wildman–Crippen MR) is 83.4 cm³/mol. The Balaban J connectivity index is 2.01. The molecule has 2 N–H and O–H groups in total. The van der Waals surface area contributed by atoms with E-state index >= 15 is 0 Å². The molecule has 1 aromatic carbocycles. The fourth-order valence-electron chi connectivity index (χ4n) is 2.39. The topological polar surface area (TPSA) is 62.0 Å². The van der Waals surface area contributed by atoms with Crippen LogP contribution in [0.3, 0.4) is 0 Å². The number of nitrogens with one attached hydrogen (secondary N) is 2. The summed E-state index contributed by atoms with van der Waals surface area (Å²) in [6.07, 6.45) is 2.31. The highest BCUT2D eigenvalue weighted by molar-refractivity contribution is 7.89. The first-order valence-electron chi connectivity index (χ1n) is 7.07. The molecule has 4 nitrogen and oxygen atoms in total. The van der Waals surface area contributed by atoms with Crippen molar-refractivity contribution in [3.05, 3.63) is 35.5 Å². The van der Waals surface area contributed by atoms with Crippen molar-refractivity contribution in [2.45, 2.75) is 33.1 Å². The number of benzene rings is 1. The van der Waals surface area contributed by atoms with Gasteiger partial charge in [0, 0.05) is 23.1 Å². The first kappa shape index (κ1) is 15.1. The lowest BCUT2D eigenvalue weighted by atomic mass is 10.1. The molecule has 110 valence electrons. The van der Waals surface area contributed by atoms with Crippen LogP contribution in [-0.2, 0) is 16.4 Å². The van der Waals surface area contributed by atoms with Gasteiger partial charge in [-0.3, -0.25) is 0 Å². The SMILES string of the molecule is CCCCS(=O)(=O)NCCc1c(C)[nH]c2ccccc12. The van der Waals surface area contributed by atoms with Crippen molar-refractivity contribution in [2.75, 3.05) is 12.3 Å². The van der Waals surface area contributed by atoms with E-state index in [2.05, 4.69) is 15.8 Å². The summed E-state index contributed by atoms with van der Waals surface area (Å²) in [5.41, 5.74) is 3.41. The zero-order valence-electron chi connectivity index (χ0n) is 12.1. The fourth-order valence-corrected chi connectivity index (χ4v) is 3.62. The summed E-state index contributed by atoms with van der Waals surface area (Å²) in [6, 6.07) is 8.11. The van der Waals surface area contributed by atoms with Crippen molar-refractivity contribution in [3.8, 4) is 0 Å². The van der Waals surface area contributed by atoms with Gasteiger partial charge in [0.1, 0.15) is 0 Å². The molecule has 0 radical (unpaired) electrons. The van der Waals surface area contributed by atoms with E-state index in [1.807, 2.05) is 32.0 Å². The summed E-state index contributed by atoms with van der Waals surface area (Å²) in [7, 11) is -3.12. The van der Waals surface area contributed by atoms with E-state index in [-0.39, 0.29) is 5.75 Å². The molecule has 0 saturated heterocycles. The largest absolute Gasteiger partial charge is 0.358 e. The van der Waals surface area contributed by atoms with Gasteiger partial charge in [0.2, 0.25) is 10.0 Å². The second-order valence-corrected chi connectivity index (χ2v) is 7.02. The van der Waals surface area contributed by atoms with E-state index < -0.39 is 10.0 Å². The van der Waals surface area contributed by atoms with Gasteiger partial charge in [0.15, 0.2) is 0 Å². The van der Waals surface area contributed by atoms with E-state index in [0.717, 1.165) is 17.6 Å². The summed E-state index contributed by atoms with van der Waals surface area (Å²) in [5, 5.41) is 1.18. The van der Waals surface area contributed by atoms with Crippen molar-refractivity contribution in [1.82, 2.24) is 9.71 Å². The molecular formula is C15H22N2O2S. The number of fused-ring (bicyclic) bond motifs is 1. The number of aromatic amines is 1. The summed E-state index contributed by atoms with van der Waals surface area (Å²) >= 11 is 0. The Hall–Kier alpha value is -1.33. The molecule has 2 aromatic rings. The fraction of sp³-hybridized carbons (Fsp3) is 0.467. The van der Waals surface area contributed by atoms with Gasteiger partial charge in [-0.2, -0.15) is 0 Å². The number of H-pyrrole nitrogens is 1. The number of para-hydroxylation sites is 1. The van der Waals surface area contributed by atoms with Gasteiger partial charge in [0.25, 0.3) is 0 Å². The standard InChI is InChI=1S/C15H22N2O2S/c1-3-4-11-20(18,19)16-10-9-13-12(2)17-15-8-6-5-7-14(13)15/h5-8,16-17H,3-4,9-11H2,1-2H3. The van der Waals surface area contributed by atoms with Crippen LogP contribution < -0.4 is 4.72 Å². The third-order valence-electron chi connectivity index (χ3n) is 3.49. The molecule has 1 aromatic heterocycles. The van der Waals surface area contributed by atoms with Gasteiger partial charge < -0.3 is 4.98 Å². The molecule has 0 saturated carbocycles. The normalized spacial score (nSPS) is 12.1. The molecule has 2 rings (SSSR count). The quantitative estimate of drug-likeness (QED) is 0.825. The second kappa shape index (κ2) is 6.41. The van der Waals surface area contributed by atoms with Gasteiger partial charge in [-0.15, -0.1) is 0 Å².